The van der Waals surface area contributed by atoms with Crippen molar-refractivity contribution in [2.24, 2.45) is 0 Å². The maximum Gasteiger partial charge on any atom is 0.151 e. The Morgan fingerprint density at radius 2 is 2.57 bits per heavy atom. The molecule has 1 aliphatic rings. The van der Waals surface area contributed by atoms with Crippen molar-refractivity contribution in [2.75, 3.05) is 24.5 Å². The van der Waals surface area contributed by atoms with Crippen LogP contribution in [0, 0.1) is 0 Å². The Hall–Kier alpha value is -1.16. The van der Waals surface area contributed by atoms with Crippen molar-refractivity contribution in [2.45, 2.75) is 19.4 Å². The molecule has 1 unspecified atom stereocenters. The molecule has 1 saturated heterocycles. The molecule has 0 amide bonds. The second-order valence-corrected chi connectivity index (χ2v) is 3.54. The number of rotatable bonds is 2. The molecule has 4 nitrogen and oxygen atoms in total. The van der Waals surface area contributed by atoms with Gasteiger partial charge in [-0.05, 0) is 18.6 Å². The van der Waals surface area contributed by atoms with Crippen molar-refractivity contribution < 1.29 is 0 Å². The van der Waals surface area contributed by atoms with E-state index in [0.29, 0.717) is 6.04 Å². The van der Waals surface area contributed by atoms with E-state index < -0.39 is 0 Å². The Labute approximate surface area is 84.3 Å². The Kier molecular flexibility index (Phi) is 2.93. The summed E-state index contributed by atoms with van der Waals surface area (Å²) in [5, 5.41) is 11.5. The highest BCUT2D eigenvalue weighted by Crippen LogP contribution is 2.15. The standard InChI is InChI=1S/C10H16N4/c1-2-9-8-11-6-7-14(9)10-4-3-5-12-13-10/h3-5,9,11H,2,6-8H2,1H3. The molecule has 0 aromatic carbocycles. The Morgan fingerprint density at radius 3 is 3.29 bits per heavy atom. The van der Waals surface area contributed by atoms with Gasteiger partial charge in [-0.3, -0.25) is 0 Å². The molecule has 2 heterocycles. The molecule has 4 heteroatoms. The Balaban J connectivity index is 2.15. The molecule has 76 valence electrons. The van der Waals surface area contributed by atoms with E-state index in [1.54, 1.807) is 6.20 Å². The fourth-order valence-corrected chi connectivity index (χ4v) is 1.87. The first-order chi connectivity index (χ1) is 6.92. The Bertz CT molecular complexity index is 275. The van der Waals surface area contributed by atoms with Crippen molar-refractivity contribution in [3.05, 3.63) is 18.3 Å². The minimum absolute atomic E-state index is 0.556. The zero-order chi connectivity index (χ0) is 9.80. The fraction of sp³-hybridized carbons (Fsp3) is 0.600. The van der Waals surface area contributed by atoms with Crippen LogP contribution in [0.3, 0.4) is 0 Å². The van der Waals surface area contributed by atoms with Gasteiger partial charge in [0.15, 0.2) is 5.82 Å². The highest BCUT2D eigenvalue weighted by molar-refractivity contribution is 5.38. The largest absolute Gasteiger partial charge is 0.350 e. The predicted octanol–water partition coefficient (Wildman–Crippen LogP) is 0.665. The third kappa shape index (κ3) is 1.85. The van der Waals surface area contributed by atoms with Gasteiger partial charge in [0.1, 0.15) is 0 Å². The van der Waals surface area contributed by atoms with Crippen molar-refractivity contribution in [1.82, 2.24) is 15.5 Å². The summed E-state index contributed by atoms with van der Waals surface area (Å²) in [6.07, 6.45) is 2.86. The Morgan fingerprint density at radius 1 is 1.64 bits per heavy atom. The summed E-state index contributed by atoms with van der Waals surface area (Å²) in [7, 11) is 0. The van der Waals surface area contributed by atoms with Gasteiger partial charge >= 0.3 is 0 Å². The average Bonchev–Trinajstić information content (AvgIpc) is 2.30. The molecule has 1 fully saturated rings. The summed E-state index contributed by atoms with van der Waals surface area (Å²) in [4.78, 5) is 2.34. The minimum atomic E-state index is 0.556. The SMILES string of the molecule is CCC1CNCCN1c1cccnn1. The van der Waals surface area contributed by atoms with Gasteiger partial charge in [-0.2, -0.15) is 5.10 Å². The second-order valence-electron chi connectivity index (χ2n) is 3.54. The van der Waals surface area contributed by atoms with E-state index in [4.69, 9.17) is 0 Å². The number of piperazine rings is 1. The van der Waals surface area contributed by atoms with Crippen molar-refractivity contribution in [1.29, 1.82) is 0 Å². The summed E-state index contributed by atoms with van der Waals surface area (Å²) >= 11 is 0. The van der Waals surface area contributed by atoms with Crippen molar-refractivity contribution in [3.8, 4) is 0 Å². The minimum Gasteiger partial charge on any atom is -0.350 e. The number of anilines is 1. The smallest absolute Gasteiger partial charge is 0.151 e. The molecule has 1 atom stereocenters. The number of hydrogen-bond donors (Lipinski definition) is 1. The van der Waals surface area contributed by atoms with Crippen LogP contribution in [0.1, 0.15) is 13.3 Å². The summed E-state index contributed by atoms with van der Waals surface area (Å²) in [6.45, 7) is 5.32. The van der Waals surface area contributed by atoms with Crippen LogP contribution >= 0.6 is 0 Å². The van der Waals surface area contributed by atoms with E-state index in [1.165, 1.54) is 0 Å². The number of hydrogen-bond acceptors (Lipinski definition) is 4. The zero-order valence-corrected chi connectivity index (χ0v) is 8.48. The van der Waals surface area contributed by atoms with Crippen LogP contribution in [-0.4, -0.2) is 35.9 Å². The van der Waals surface area contributed by atoms with Crippen LogP contribution in [0.15, 0.2) is 18.3 Å². The lowest BCUT2D eigenvalue weighted by atomic mass is 10.1. The third-order valence-corrected chi connectivity index (χ3v) is 2.67. The molecular formula is C10H16N4. The first-order valence-electron chi connectivity index (χ1n) is 5.17. The molecular weight excluding hydrogens is 176 g/mol. The summed E-state index contributed by atoms with van der Waals surface area (Å²) in [5.74, 6) is 1.00. The van der Waals surface area contributed by atoms with Gasteiger partial charge in [0.2, 0.25) is 0 Å². The zero-order valence-electron chi connectivity index (χ0n) is 8.48. The summed E-state index contributed by atoms with van der Waals surface area (Å²) in [6, 6.07) is 4.53. The van der Waals surface area contributed by atoms with Gasteiger partial charge in [-0.1, -0.05) is 6.92 Å². The van der Waals surface area contributed by atoms with E-state index in [1.807, 2.05) is 12.1 Å². The van der Waals surface area contributed by atoms with E-state index >= 15 is 0 Å². The monoisotopic (exact) mass is 192 g/mol. The molecule has 2 rings (SSSR count). The summed E-state index contributed by atoms with van der Waals surface area (Å²) in [5.41, 5.74) is 0. The van der Waals surface area contributed by atoms with Gasteiger partial charge < -0.3 is 10.2 Å². The number of nitrogens with one attached hydrogen (secondary N) is 1. The molecule has 0 bridgehead atoms. The molecule has 0 spiro atoms. The summed E-state index contributed by atoms with van der Waals surface area (Å²) < 4.78 is 0. The highest BCUT2D eigenvalue weighted by Gasteiger charge is 2.21. The van der Waals surface area contributed by atoms with Crippen LogP contribution in [0.5, 0.6) is 0 Å². The molecule has 1 aromatic heterocycles. The molecule has 1 N–H and O–H groups in total. The van der Waals surface area contributed by atoms with Crippen LogP contribution in [0.2, 0.25) is 0 Å². The third-order valence-electron chi connectivity index (χ3n) is 2.67. The van der Waals surface area contributed by atoms with Crippen LogP contribution in [-0.2, 0) is 0 Å². The van der Waals surface area contributed by atoms with Crippen LogP contribution in [0.4, 0.5) is 5.82 Å². The van der Waals surface area contributed by atoms with E-state index in [-0.39, 0.29) is 0 Å². The maximum absolute atomic E-state index is 4.15. The van der Waals surface area contributed by atoms with Gasteiger partial charge in [0, 0.05) is 31.9 Å². The maximum atomic E-state index is 4.15. The van der Waals surface area contributed by atoms with E-state index in [0.717, 1.165) is 31.9 Å². The molecule has 14 heavy (non-hydrogen) atoms. The predicted molar refractivity (Wildman–Crippen MR) is 56.3 cm³/mol. The lowest BCUT2D eigenvalue weighted by Crippen LogP contribution is -2.51. The lowest BCUT2D eigenvalue weighted by molar-refractivity contribution is 0.462. The van der Waals surface area contributed by atoms with Crippen LogP contribution in [0.25, 0.3) is 0 Å². The quantitative estimate of drug-likeness (QED) is 0.747. The lowest BCUT2D eigenvalue weighted by Gasteiger charge is -2.36. The van der Waals surface area contributed by atoms with Gasteiger partial charge in [-0.15, -0.1) is 5.10 Å². The van der Waals surface area contributed by atoms with E-state index in [2.05, 4.69) is 27.3 Å². The highest BCUT2D eigenvalue weighted by atomic mass is 15.3. The second kappa shape index (κ2) is 4.37. The van der Waals surface area contributed by atoms with Gasteiger partial charge in [-0.25, -0.2) is 0 Å². The van der Waals surface area contributed by atoms with Crippen molar-refractivity contribution >= 4 is 5.82 Å². The average molecular weight is 192 g/mol. The molecule has 1 aliphatic heterocycles. The topological polar surface area (TPSA) is 41.0 Å². The first-order valence-corrected chi connectivity index (χ1v) is 5.17. The molecule has 0 aliphatic carbocycles. The first kappa shape index (κ1) is 9.40. The molecule has 1 aromatic rings. The number of aromatic nitrogens is 2. The van der Waals surface area contributed by atoms with E-state index in [9.17, 15) is 0 Å². The van der Waals surface area contributed by atoms with Crippen LogP contribution < -0.4 is 10.2 Å². The molecule has 0 radical (unpaired) electrons. The molecule has 0 saturated carbocycles. The number of nitrogens with zero attached hydrogens (tertiary/aromatic N) is 3. The fourth-order valence-electron chi connectivity index (χ4n) is 1.87. The van der Waals surface area contributed by atoms with Gasteiger partial charge in [0.05, 0.1) is 0 Å². The normalized spacial score (nSPS) is 22.4. The van der Waals surface area contributed by atoms with Crippen molar-refractivity contribution in [3.63, 3.8) is 0 Å². The van der Waals surface area contributed by atoms with Gasteiger partial charge in [0.25, 0.3) is 0 Å².